The maximum atomic E-state index is 5.37. The summed E-state index contributed by atoms with van der Waals surface area (Å²) >= 11 is 4.74. The van der Waals surface area contributed by atoms with Crippen molar-refractivity contribution in [3.8, 4) is 0 Å². The number of hydrazone groups is 1. The van der Waals surface area contributed by atoms with E-state index < -0.39 is 0 Å². The molecular weight excluding hydrogens is 294 g/mol. The van der Waals surface area contributed by atoms with Gasteiger partial charge in [0.2, 0.25) is 0 Å². The third-order valence-corrected chi connectivity index (χ3v) is 3.31. The van der Waals surface area contributed by atoms with Crippen LogP contribution in [0.2, 0.25) is 0 Å². The molecule has 110 valence electrons. The van der Waals surface area contributed by atoms with Gasteiger partial charge < -0.3 is 10.3 Å². The molecule has 0 saturated carbocycles. The predicted molar refractivity (Wildman–Crippen MR) is 92.8 cm³/mol. The van der Waals surface area contributed by atoms with Crippen LogP contribution in [0, 0.1) is 0 Å². The number of nitrogens with one attached hydrogen (secondary N) is 1. The quantitative estimate of drug-likeness (QED) is 0.441. The Morgan fingerprint density at radius 3 is 2.68 bits per heavy atom. The molecule has 0 bridgehead atoms. The lowest BCUT2D eigenvalue weighted by Crippen LogP contribution is -2.24. The van der Waals surface area contributed by atoms with Gasteiger partial charge in [0.25, 0.3) is 0 Å². The second kappa shape index (κ2) is 6.36. The number of aromatic nitrogens is 2. The van der Waals surface area contributed by atoms with Crippen molar-refractivity contribution in [2.24, 2.45) is 10.8 Å². The van der Waals surface area contributed by atoms with Gasteiger partial charge in [-0.2, -0.15) is 5.10 Å². The summed E-state index contributed by atoms with van der Waals surface area (Å²) in [6.07, 6.45) is 1.63. The predicted octanol–water partition coefficient (Wildman–Crippen LogP) is 2.25. The van der Waals surface area contributed by atoms with Gasteiger partial charge in [0.05, 0.1) is 17.2 Å². The number of thiocarbonyl (C=S) groups is 1. The SMILES string of the molecule is NC(=S)N/N=C\c1nc2ccccc2n1Cc1ccccc1. The molecule has 22 heavy (non-hydrogen) atoms. The van der Waals surface area contributed by atoms with Gasteiger partial charge in [-0.3, -0.25) is 5.43 Å². The topological polar surface area (TPSA) is 68.2 Å². The molecule has 0 fully saturated rings. The number of fused-ring (bicyclic) bond motifs is 1. The standard InChI is InChI=1S/C16H15N5S/c17-16(22)20-18-10-15-19-13-8-4-5-9-14(13)21(15)11-12-6-2-1-3-7-12/h1-10H,11H2,(H3,17,20,22)/b18-10-. The van der Waals surface area contributed by atoms with Crippen LogP contribution in [0.3, 0.4) is 0 Å². The Morgan fingerprint density at radius 2 is 1.91 bits per heavy atom. The Morgan fingerprint density at radius 1 is 1.18 bits per heavy atom. The lowest BCUT2D eigenvalue weighted by Gasteiger charge is -2.07. The van der Waals surface area contributed by atoms with Crippen LogP contribution in [0.25, 0.3) is 11.0 Å². The summed E-state index contributed by atoms with van der Waals surface area (Å²) in [5.41, 5.74) is 11.1. The Balaban J connectivity index is 2.01. The first-order chi connectivity index (χ1) is 10.7. The van der Waals surface area contributed by atoms with Crippen LogP contribution in [0.1, 0.15) is 11.4 Å². The molecule has 5 nitrogen and oxygen atoms in total. The second-order valence-corrected chi connectivity index (χ2v) is 5.20. The molecule has 3 rings (SSSR count). The van der Waals surface area contributed by atoms with E-state index in [0.717, 1.165) is 23.4 Å². The Kier molecular flexibility index (Phi) is 4.11. The van der Waals surface area contributed by atoms with Crippen LogP contribution in [-0.2, 0) is 6.54 Å². The van der Waals surface area contributed by atoms with E-state index in [4.69, 9.17) is 18.0 Å². The highest BCUT2D eigenvalue weighted by Crippen LogP contribution is 2.17. The van der Waals surface area contributed by atoms with E-state index in [9.17, 15) is 0 Å². The molecule has 0 amide bonds. The van der Waals surface area contributed by atoms with E-state index in [1.807, 2.05) is 42.5 Å². The van der Waals surface area contributed by atoms with E-state index in [0.29, 0.717) is 0 Å². The molecule has 0 spiro atoms. The van der Waals surface area contributed by atoms with Gasteiger partial charge >= 0.3 is 0 Å². The molecule has 0 atom stereocenters. The summed E-state index contributed by atoms with van der Waals surface area (Å²) in [6, 6.07) is 18.2. The van der Waals surface area contributed by atoms with Crippen LogP contribution in [0.5, 0.6) is 0 Å². The van der Waals surface area contributed by atoms with E-state index in [-0.39, 0.29) is 5.11 Å². The van der Waals surface area contributed by atoms with Gasteiger partial charge in [0.1, 0.15) is 0 Å². The van der Waals surface area contributed by atoms with Gasteiger partial charge in [-0.25, -0.2) is 4.98 Å². The van der Waals surface area contributed by atoms with Crippen LogP contribution in [0.4, 0.5) is 0 Å². The summed E-state index contributed by atoms with van der Waals surface area (Å²) in [5, 5.41) is 4.14. The fourth-order valence-electron chi connectivity index (χ4n) is 2.28. The summed E-state index contributed by atoms with van der Waals surface area (Å²) in [7, 11) is 0. The monoisotopic (exact) mass is 309 g/mol. The van der Waals surface area contributed by atoms with E-state index in [2.05, 4.69) is 32.2 Å². The molecule has 3 N–H and O–H groups in total. The van der Waals surface area contributed by atoms with Crippen molar-refractivity contribution in [1.29, 1.82) is 0 Å². The zero-order valence-electron chi connectivity index (χ0n) is 11.8. The van der Waals surface area contributed by atoms with Gasteiger partial charge in [-0.15, -0.1) is 0 Å². The maximum absolute atomic E-state index is 5.37. The minimum atomic E-state index is 0.127. The fraction of sp³-hybridized carbons (Fsp3) is 0.0625. The number of benzene rings is 2. The molecular formula is C16H15N5S. The van der Waals surface area contributed by atoms with Gasteiger partial charge in [0.15, 0.2) is 10.9 Å². The highest BCUT2D eigenvalue weighted by molar-refractivity contribution is 7.80. The third-order valence-electron chi connectivity index (χ3n) is 3.22. The second-order valence-electron chi connectivity index (χ2n) is 4.76. The van der Waals surface area contributed by atoms with E-state index in [1.165, 1.54) is 5.56 Å². The number of hydrogen-bond donors (Lipinski definition) is 2. The summed E-state index contributed by atoms with van der Waals surface area (Å²) in [6.45, 7) is 0.718. The molecule has 0 aliphatic rings. The zero-order chi connectivity index (χ0) is 15.4. The van der Waals surface area contributed by atoms with E-state index >= 15 is 0 Å². The molecule has 3 aromatic rings. The van der Waals surface area contributed by atoms with Crippen molar-refractivity contribution in [3.63, 3.8) is 0 Å². The molecule has 0 aliphatic carbocycles. The summed E-state index contributed by atoms with van der Waals surface area (Å²) in [4.78, 5) is 4.60. The number of nitrogens with two attached hydrogens (primary N) is 1. The van der Waals surface area contributed by atoms with Crippen molar-refractivity contribution in [2.45, 2.75) is 6.54 Å². The molecule has 0 radical (unpaired) electrons. The smallest absolute Gasteiger partial charge is 0.184 e. The Hall–Kier alpha value is -2.73. The Bertz CT molecular complexity index is 823. The maximum Gasteiger partial charge on any atom is 0.184 e. The fourth-order valence-corrected chi connectivity index (χ4v) is 2.33. The zero-order valence-corrected chi connectivity index (χ0v) is 12.6. The van der Waals surface area contributed by atoms with Gasteiger partial charge in [-0.1, -0.05) is 42.5 Å². The normalized spacial score (nSPS) is 11.1. The number of imidazole rings is 1. The molecule has 0 aliphatic heterocycles. The first-order valence-corrected chi connectivity index (χ1v) is 7.22. The minimum Gasteiger partial charge on any atom is -0.375 e. The largest absolute Gasteiger partial charge is 0.375 e. The van der Waals surface area contributed by atoms with Gasteiger partial charge in [-0.05, 0) is 29.9 Å². The first kappa shape index (κ1) is 14.2. The van der Waals surface area contributed by atoms with Crippen molar-refractivity contribution < 1.29 is 0 Å². The van der Waals surface area contributed by atoms with Crippen LogP contribution < -0.4 is 11.2 Å². The highest BCUT2D eigenvalue weighted by atomic mass is 32.1. The minimum absolute atomic E-state index is 0.127. The number of nitrogens with zero attached hydrogens (tertiary/aromatic N) is 3. The van der Waals surface area contributed by atoms with Crippen molar-refractivity contribution in [1.82, 2.24) is 15.0 Å². The lowest BCUT2D eigenvalue weighted by molar-refractivity contribution is 0.815. The molecule has 6 heteroatoms. The summed E-state index contributed by atoms with van der Waals surface area (Å²) < 4.78 is 2.11. The van der Waals surface area contributed by atoms with Gasteiger partial charge in [0, 0.05) is 6.54 Å². The Labute approximate surface area is 133 Å². The van der Waals surface area contributed by atoms with Crippen LogP contribution >= 0.6 is 12.2 Å². The first-order valence-electron chi connectivity index (χ1n) is 6.82. The number of hydrogen-bond acceptors (Lipinski definition) is 3. The van der Waals surface area contributed by atoms with Crippen molar-refractivity contribution in [2.75, 3.05) is 0 Å². The van der Waals surface area contributed by atoms with Crippen LogP contribution in [-0.4, -0.2) is 20.9 Å². The molecule has 1 aromatic heterocycles. The molecule has 2 aromatic carbocycles. The lowest BCUT2D eigenvalue weighted by atomic mass is 10.2. The van der Waals surface area contributed by atoms with Crippen molar-refractivity contribution >= 4 is 34.6 Å². The molecule has 0 saturated heterocycles. The molecule has 1 heterocycles. The number of para-hydroxylation sites is 2. The van der Waals surface area contributed by atoms with Crippen molar-refractivity contribution in [3.05, 3.63) is 66.0 Å². The van der Waals surface area contributed by atoms with Crippen LogP contribution in [0.15, 0.2) is 59.7 Å². The average molecular weight is 309 g/mol. The third kappa shape index (κ3) is 3.12. The average Bonchev–Trinajstić information content (AvgIpc) is 2.86. The highest BCUT2D eigenvalue weighted by Gasteiger charge is 2.09. The molecule has 0 unspecified atom stereocenters. The number of rotatable bonds is 4. The van der Waals surface area contributed by atoms with E-state index in [1.54, 1.807) is 6.21 Å². The summed E-state index contributed by atoms with van der Waals surface area (Å²) in [5.74, 6) is 0.744.